The molecule has 0 N–H and O–H groups in total. The average molecular weight is 399 g/mol. The monoisotopic (exact) mass is 399 g/mol. The molecule has 8 aromatic rings. The lowest BCUT2D eigenvalue weighted by Crippen LogP contribution is -1.91. The maximum atomic E-state index is 6.40. The zero-order chi connectivity index (χ0) is 20.1. The lowest BCUT2D eigenvalue weighted by atomic mass is 10.0. The first-order valence-corrected chi connectivity index (χ1v) is 10.2. The Bertz CT molecular complexity index is 2010. The van der Waals surface area contributed by atoms with E-state index in [1.54, 1.807) is 0 Å². The molecule has 5 nitrogen and oxygen atoms in total. The van der Waals surface area contributed by atoms with Crippen molar-refractivity contribution in [2.45, 2.75) is 0 Å². The second kappa shape index (κ2) is 5.21. The molecule has 31 heavy (non-hydrogen) atoms. The minimum atomic E-state index is 0.784. The summed E-state index contributed by atoms with van der Waals surface area (Å²) in [4.78, 5) is 8.88. The third kappa shape index (κ3) is 1.82. The predicted octanol–water partition coefficient (Wildman–Crippen LogP) is 6.83. The number of imidazole rings is 1. The predicted molar refractivity (Wildman–Crippen MR) is 123 cm³/mol. The first-order valence-electron chi connectivity index (χ1n) is 10.2. The van der Waals surface area contributed by atoms with E-state index in [0.717, 1.165) is 71.2 Å². The van der Waals surface area contributed by atoms with Crippen LogP contribution in [0.25, 0.3) is 71.2 Å². The van der Waals surface area contributed by atoms with Crippen LogP contribution in [-0.4, -0.2) is 14.4 Å². The van der Waals surface area contributed by atoms with Crippen molar-refractivity contribution in [3.05, 3.63) is 79.4 Å². The molecule has 5 heteroatoms. The lowest BCUT2D eigenvalue weighted by molar-refractivity contribution is 0.633. The summed E-state index contributed by atoms with van der Waals surface area (Å²) in [5.74, 6) is 0. The van der Waals surface area contributed by atoms with Crippen molar-refractivity contribution in [2.75, 3.05) is 0 Å². The number of pyridine rings is 2. The number of aromatic nitrogens is 3. The third-order valence-corrected chi connectivity index (χ3v) is 6.35. The fourth-order valence-electron chi connectivity index (χ4n) is 4.97. The van der Waals surface area contributed by atoms with Crippen molar-refractivity contribution < 1.29 is 8.83 Å². The molecule has 0 unspecified atom stereocenters. The van der Waals surface area contributed by atoms with E-state index in [1.807, 2.05) is 43.0 Å². The number of benzene rings is 3. The van der Waals surface area contributed by atoms with Crippen LogP contribution < -0.4 is 0 Å². The Hall–Kier alpha value is -4.38. The van der Waals surface area contributed by atoms with Gasteiger partial charge in [-0.3, -0.25) is 9.38 Å². The smallest absolute Gasteiger partial charge is 0.178 e. The van der Waals surface area contributed by atoms with Gasteiger partial charge in [0.25, 0.3) is 0 Å². The number of nitrogens with zero attached hydrogens (tertiary/aromatic N) is 3. The molecule has 0 aliphatic carbocycles. The normalized spacial score (nSPS) is 12.5. The van der Waals surface area contributed by atoms with Crippen molar-refractivity contribution in [3.8, 4) is 0 Å². The molecule has 0 aliphatic rings. The summed E-state index contributed by atoms with van der Waals surface area (Å²) >= 11 is 0. The average Bonchev–Trinajstić information content (AvgIpc) is 3.53. The first kappa shape index (κ1) is 15.5. The van der Waals surface area contributed by atoms with Gasteiger partial charge in [-0.2, -0.15) is 0 Å². The molecular formula is C26H13N3O2. The molecule has 0 bridgehead atoms. The van der Waals surface area contributed by atoms with Gasteiger partial charge in [0, 0.05) is 63.2 Å². The Kier molecular flexibility index (Phi) is 2.60. The van der Waals surface area contributed by atoms with Gasteiger partial charge in [-0.05, 0) is 35.7 Å². The van der Waals surface area contributed by atoms with Crippen LogP contribution in [0.5, 0.6) is 0 Å². The summed E-state index contributed by atoms with van der Waals surface area (Å²) in [5, 5.41) is 7.60. The van der Waals surface area contributed by atoms with E-state index in [4.69, 9.17) is 8.83 Å². The van der Waals surface area contributed by atoms with Crippen LogP contribution in [0.4, 0.5) is 0 Å². The SMILES string of the molecule is c1ccc2c(c1)oc1c2ccc2c3cc4c5ccncc5c5nccn5c4cc3oc21. The van der Waals surface area contributed by atoms with Crippen molar-refractivity contribution in [3.63, 3.8) is 0 Å². The van der Waals surface area contributed by atoms with Crippen molar-refractivity contribution >= 4 is 71.2 Å². The van der Waals surface area contributed by atoms with E-state index in [2.05, 4.69) is 50.8 Å². The van der Waals surface area contributed by atoms with Gasteiger partial charge in [0.15, 0.2) is 11.2 Å². The zero-order valence-corrected chi connectivity index (χ0v) is 16.2. The van der Waals surface area contributed by atoms with E-state index in [1.165, 1.54) is 0 Å². The number of rotatable bonds is 0. The molecule has 0 saturated carbocycles. The molecular weight excluding hydrogens is 386 g/mol. The first-order chi connectivity index (χ1) is 15.4. The molecule has 3 aromatic carbocycles. The molecule has 5 heterocycles. The highest BCUT2D eigenvalue weighted by Gasteiger charge is 2.18. The molecule has 144 valence electrons. The van der Waals surface area contributed by atoms with Crippen LogP contribution in [0.3, 0.4) is 0 Å². The maximum Gasteiger partial charge on any atom is 0.178 e. The minimum Gasteiger partial charge on any atom is -0.452 e. The van der Waals surface area contributed by atoms with Gasteiger partial charge in [-0.1, -0.05) is 18.2 Å². The summed E-state index contributed by atoms with van der Waals surface area (Å²) in [7, 11) is 0. The highest BCUT2D eigenvalue weighted by atomic mass is 16.4. The van der Waals surface area contributed by atoms with Crippen molar-refractivity contribution in [1.29, 1.82) is 0 Å². The van der Waals surface area contributed by atoms with Gasteiger partial charge >= 0.3 is 0 Å². The highest BCUT2D eigenvalue weighted by Crippen LogP contribution is 2.40. The zero-order valence-electron chi connectivity index (χ0n) is 16.2. The highest BCUT2D eigenvalue weighted by molar-refractivity contribution is 6.22. The van der Waals surface area contributed by atoms with Crippen molar-refractivity contribution in [2.24, 2.45) is 0 Å². The van der Waals surface area contributed by atoms with Crippen LogP contribution in [0.1, 0.15) is 0 Å². The lowest BCUT2D eigenvalue weighted by Gasteiger charge is -2.07. The minimum absolute atomic E-state index is 0.784. The molecule has 8 rings (SSSR count). The fourth-order valence-corrected chi connectivity index (χ4v) is 4.97. The molecule has 0 spiro atoms. The van der Waals surface area contributed by atoms with Gasteiger partial charge in [0.2, 0.25) is 0 Å². The fraction of sp³-hybridized carbons (Fsp3) is 0. The number of fused-ring (bicyclic) bond motifs is 13. The Morgan fingerprint density at radius 3 is 2.42 bits per heavy atom. The standard InChI is InChI=1S/C26H13N3O2/c1-2-4-22-15(3-1)16-5-6-17-19-11-18-14-7-8-27-13-20(14)26-28-9-10-29(26)21(18)12-23(19)31-25(17)24(16)30-22/h1-13H. The number of furan rings is 2. The van der Waals surface area contributed by atoms with Crippen LogP contribution in [-0.2, 0) is 0 Å². The van der Waals surface area contributed by atoms with Crippen LogP contribution in [0.2, 0.25) is 0 Å². The molecule has 0 saturated heterocycles. The molecule has 5 aromatic heterocycles. The van der Waals surface area contributed by atoms with Crippen LogP contribution in [0, 0.1) is 0 Å². The van der Waals surface area contributed by atoms with Gasteiger partial charge in [0.1, 0.15) is 16.8 Å². The molecule has 0 radical (unpaired) electrons. The van der Waals surface area contributed by atoms with E-state index in [-0.39, 0.29) is 0 Å². The van der Waals surface area contributed by atoms with Crippen LogP contribution in [0.15, 0.2) is 88.2 Å². The largest absolute Gasteiger partial charge is 0.452 e. The van der Waals surface area contributed by atoms with E-state index >= 15 is 0 Å². The Labute approximate surface area is 174 Å². The number of hydrogen-bond donors (Lipinski definition) is 0. The summed E-state index contributed by atoms with van der Waals surface area (Å²) in [6.45, 7) is 0. The van der Waals surface area contributed by atoms with Gasteiger partial charge < -0.3 is 8.83 Å². The summed E-state index contributed by atoms with van der Waals surface area (Å²) in [6.07, 6.45) is 7.52. The van der Waals surface area contributed by atoms with E-state index < -0.39 is 0 Å². The van der Waals surface area contributed by atoms with E-state index in [9.17, 15) is 0 Å². The van der Waals surface area contributed by atoms with Crippen molar-refractivity contribution in [1.82, 2.24) is 14.4 Å². The van der Waals surface area contributed by atoms with Gasteiger partial charge in [0.05, 0.1) is 5.52 Å². The number of para-hydroxylation sites is 1. The third-order valence-electron chi connectivity index (χ3n) is 6.35. The Morgan fingerprint density at radius 1 is 0.645 bits per heavy atom. The number of hydrogen-bond acceptors (Lipinski definition) is 4. The topological polar surface area (TPSA) is 56.5 Å². The summed E-state index contributed by atoms with van der Waals surface area (Å²) < 4.78 is 14.7. The molecule has 0 atom stereocenters. The second-order valence-electron chi connectivity index (χ2n) is 7.93. The van der Waals surface area contributed by atoms with E-state index in [0.29, 0.717) is 0 Å². The maximum absolute atomic E-state index is 6.40. The summed E-state index contributed by atoms with van der Waals surface area (Å²) in [6, 6.07) is 18.7. The Morgan fingerprint density at radius 2 is 1.48 bits per heavy atom. The van der Waals surface area contributed by atoms with Gasteiger partial charge in [-0.25, -0.2) is 4.98 Å². The molecule has 0 aliphatic heterocycles. The second-order valence-corrected chi connectivity index (χ2v) is 7.93. The van der Waals surface area contributed by atoms with Gasteiger partial charge in [-0.15, -0.1) is 0 Å². The quantitative estimate of drug-likeness (QED) is 0.262. The van der Waals surface area contributed by atoms with Crippen LogP contribution >= 0.6 is 0 Å². The molecule has 0 amide bonds. The molecule has 0 fully saturated rings. The summed E-state index contributed by atoms with van der Waals surface area (Å²) in [5.41, 5.74) is 5.23. The Balaban J connectivity index is 1.61.